The molecule has 16 heavy (non-hydrogen) atoms. The first-order chi connectivity index (χ1) is 7.52. The van der Waals surface area contributed by atoms with E-state index in [1.807, 2.05) is 0 Å². The summed E-state index contributed by atoms with van der Waals surface area (Å²) in [4.78, 5) is 14.6. The second kappa shape index (κ2) is 4.53. The number of hydrogen-bond donors (Lipinski definition) is 1. The molecule has 0 spiro atoms. The Hall–Kier alpha value is -2.23. The zero-order valence-electron chi connectivity index (χ0n) is 8.20. The Morgan fingerprint density at radius 1 is 1.69 bits per heavy atom. The SMILES string of the molecule is COC(=O)c1c(C(F)F)ncc(N)c1C#N. The third kappa shape index (κ3) is 1.91. The van der Waals surface area contributed by atoms with Gasteiger partial charge in [-0.05, 0) is 0 Å². The van der Waals surface area contributed by atoms with Crippen LogP contribution in [0.2, 0.25) is 0 Å². The summed E-state index contributed by atoms with van der Waals surface area (Å²) in [5.74, 6) is -1.06. The van der Waals surface area contributed by atoms with Crippen molar-refractivity contribution in [3.63, 3.8) is 0 Å². The number of aromatic nitrogens is 1. The van der Waals surface area contributed by atoms with E-state index in [1.54, 1.807) is 6.07 Å². The summed E-state index contributed by atoms with van der Waals surface area (Å²) < 4.78 is 29.4. The summed E-state index contributed by atoms with van der Waals surface area (Å²) in [5.41, 5.74) is 3.47. The number of halogens is 2. The van der Waals surface area contributed by atoms with Crippen molar-refractivity contribution in [3.05, 3.63) is 23.0 Å². The highest BCUT2D eigenvalue weighted by atomic mass is 19.3. The van der Waals surface area contributed by atoms with Gasteiger partial charge in [0.2, 0.25) is 0 Å². The van der Waals surface area contributed by atoms with Crippen LogP contribution < -0.4 is 5.73 Å². The normalized spacial score (nSPS) is 9.94. The van der Waals surface area contributed by atoms with E-state index >= 15 is 0 Å². The largest absolute Gasteiger partial charge is 0.465 e. The van der Waals surface area contributed by atoms with E-state index < -0.39 is 23.7 Å². The van der Waals surface area contributed by atoms with Gasteiger partial charge >= 0.3 is 5.97 Å². The topological polar surface area (TPSA) is 89.0 Å². The molecule has 0 aliphatic carbocycles. The number of nitriles is 1. The summed E-state index contributed by atoms with van der Waals surface area (Å²) in [7, 11) is 1.02. The molecule has 2 N–H and O–H groups in total. The highest BCUT2D eigenvalue weighted by molar-refractivity contribution is 5.95. The number of ether oxygens (including phenoxy) is 1. The maximum Gasteiger partial charge on any atom is 0.341 e. The lowest BCUT2D eigenvalue weighted by molar-refractivity contribution is 0.0587. The van der Waals surface area contributed by atoms with Gasteiger partial charge in [-0.2, -0.15) is 5.26 Å². The maximum atomic E-state index is 12.6. The second-order valence-corrected chi connectivity index (χ2v) is 2.75. The van der Waals surface area contributed by atoms with Crippen molar-refractivity contribution in [3.8, 4) is 6.07 Å². The Bertz CT molecular complexity index is 469. The minimum absolute atomic E-state index is 0.146. The molecular formula is C9H7F2N3O2. The molecule has 0 aliphatic heterocycles. The standard InChI is InChI=1S/C9H7F2N3O2/c1-16-9(15)6-4(2-12)5(13)3-14-7(6)8(10)11/h3,8H,13H2,1H3. The van der Waals surface area contributed by atoms with Crippen molar-refractivity contribution >= 4 is 11.7 Å². The van der Waals surface area contributed by atoms with Gasteiger partial charge in [0.05, 0.1) is 24.6 Å². The van der Waals surface area contributed by atoms with Crippen molar-refractivity contribution in [2.24, 2.45) is 0 Å². The quantitative estimate of drug-likeness (QED) is 0.768. The number of carbonyl (C=O) groups is 1. The number of nitrogen functional groups attached to an aromatic ring is 1. The average molecular weight is 227 g/mol. The molecule has 0 atom stereocenters. The number of nitrogens with two attached hydrogens (primary N) is 1. The molecule has 5 nitrogen and oxygen atoms in total. The van der Waals surface area contributed by atoms with Gasteiger partial charge in [-0.25, -0.2) is 13.6 Å². The van der Waals surface area contributed by atoms with E-state index in [2.05, 4.69) is 9.72 Å². The molecule has 1 rings (SSSR count). The molecule has 0 unspecified atom stereocenters. The van der Waals surface area contributed by atoms with Crippen LogP contribution >= 0.6 is 0 Å². The van der Waals surface area contributed by atoms with E-state index in [9.17, 15) is 13.6 Å². The average Bonchev–Trinajstić information content (AvgIpc) is 2.27. The van der Waals surface area contributed by atoms with Crippen molar-refractivity contribution in [1.82, 2.24) is 4.98 Å². The molecule has 1 heterocycles. The van der Waals surface area contributed by atoms with Gasteiger partial charge in [0.1, 0.15) is 17.3 Å². The van der Waals surface area contributed by atoms with Crippen LogP contribution in [0.5, 0.6) is 0 Å². The van der Waals surface area contributed by atoms with E-state index in [1.165, 1.54) is 0 Å². The highest BCUT2D eigenvalue weighted by Crippen LogP contribution is 2.26. The van der Waals surface area contributed by atoms with Crippen LogP contribution in [-0.2, 0) is 4.74 Å². The maximum absolute atomic E-state index is 12.6. The molecule has 0 saturated heterocycles. The summed E-state index contributed by atoms with van der Waals surface area (Å²) in [6.07, 6.45) is -2.08. The molecule has 7 heteroatoms. The van der Waals surface area contributed by atoms with Gasteiger partial charge < -0.3 is 10.5 Å². The number of hydrogen-bond acceptors (Lipinski definition) is 5. The second-order valence-electron chi connectivity index (χ2n) is 2.75. The van der Waals surface area contributed by atoms with E-state index in [4.69, 9.17) is 11.0 Å². The lowest BCUT2D eigenvalue weighted by Crippen LogP contribution is -2.12. The Morgan fingerprint density at radius 2 is 2.31 bits per heavy atom. The van der Waals surface area contributed by atoms with Gasteiger partial charge in [0.25, 0.3) is 6.43 Å². The van der Waals surface area contributed by atoms with Gasteiger partial charge in [0.15, 0.2) is 0 Å². The monoisotopic (exact) mass is 227 g/mol. The number of rotatable bonds is 2. The molecule has 84 valence electrons. The summed E-state index contributed by atoms with van der Waals surface area (Å²) >= 11 is 0. The third-order valence-corrected chi connectivity index (χ3v) is 1.85. The number of esters is 1. The van der Waals surface area contributed by atoms with Gasteiger partial charge in [-0.3, -0.25) is 4.98 Å². The van der Waals surface area contributed by atoms with E-state index in [0.29, 0.717) is 0 Å². The minimum atomic E-state index is -2.98. The van der Waals surface area contributed by atoms with Gasteiger partial charge in [-0.1, -0.05) is 0 Å². The lowest BCUT2D eigenvalue weighted by Gasteiger charge is -2.09. The predicted octanol–water partition coefficient (Wildman–Crippen LogP) is 1.26. The van der Waals surface area contributed by atoms with Crippen molar-refractivity contribution in [2.45, 2.75) is 6.43 Å². The molecule has 0 saturated carbocycles. The number of pyridine rings is 1. The molecule has 1 aromatic rings. The van der Waals surface area contributed by atoms with Crippen LogP contribution in [0.3, 0.4) is 0 Å². The van der Waals surface area contributed by atoms with Gasteiger partial charge in [-0.15, -0.1) is 0 Å². The molecular weight excluding hydrogens is 220 g/mol. The van der Waals surface area contributed by atoms with Crippen LogP contribution in [0.1, 0.15) is 28.0 Å². The molecule has 0 fully saturated rings. The van der Waals surface area contributed by atoms with Crippen LogP contribution in [0, 0.1) is 11.3 Å². The first-order valence-electron chi connectivity index (χ1n) is 4.07. The number of methoxy groups -OCH3 is 1. The fraction of sp³-hybridized carbons (Fsp3) is 0.222. The lowest BCUT2D eigenvalue weighted by atomic mass is 10.1. The first-order valence-corrected chi connectivity index (χ1v) is 4.07. The Labute approximate surface area is 89.4 Å². The molecule has 0 amide bonds. The Balaban J connectivity index is 3.55. The number of anilines is 1. The number of carbonyl (C=O) groups excluding carboxylic acids is 1. The predicted molar refractivity (Wildman–Crippen MR) is 49.7 cm³/mol. The van der Waals surface area contributed by atoms with Crippen molar-refractivity contribution in [2.75, 3.05) is 12.8 Å². The smallest absolute Gasteiger partial charge is 0.341 e. The van der Waals surface area contributed by atoms with E-state index in [-0.39, 0.29) is 11.3 Å². The molecule has 0 aliphatic rings. The van der Waals surface area contributed by atoms with Crippen molar-refractivity contribution in [1.29, 1.82) is 5.26 Å². The van der Waals surface area contributed by atoms with Crippen LogP contribution in [0.4, 0.5) is 14.5 Å². The first kappa shape index (κ1) is 11.8. The van der Waals surface area contributed by atoms with Gasteiger partial charge in [0, 0.05) is 0 Å². The number of nitrogens with zero attached hydrogens (tertiary/aromatic N) is 2. The summed E-state index contributed by atoms with van der Waals surface area (Å²) in [6, 6.07) is 1.58. The van der Waals surface area contributed by atoms with Crippen LogP contribution in [0.25, 0.3) is 0 Å². The number of alkyl halides is 2. The fourth-order valence-electron chi connectivity index (χ4n) is 1.14. The summed E-state index contributed by atoms with van der Waals surface area (Å²) in [5, 5.41) is 8.74. The zero-order chi connectivity index (χ0) is 12.3. The molecule has 1 aromatic heterocycles. The summed E-state index contributed by atoms with van der Waals surface area (Å²) in [6.45, 7) is 0. The molecule has 0 aromatic carbocycles. The molecule has 0 bridgehead atoms. The van der Waals surface area contributed by atoms with Crippen LogP contribution in [0.15, 0.2) is 6.20 Å². The van der Waals surface area contributed by atoms with E-state index in [0.717, 1.165) is 13.3 Å². The Morgan fingerprint density at radius 3 is 2.75 bits per heavy atom. The zero-order valence-corrected chi connectivity index (χ0v) is 8.20. The van der Waals surface area contributed by atoms with Crippen molar-refractivity contribution < 1.29 is 18.3 Å². The molecule has 0 radical (unpaired) electrons. The Kier molecular flexibility index (Phi) is 3.35. The highest BCUT2D eigenvalue weighted by Gasteiger charge is 2.25. The fourth-order valence-corrected chi connectivity index (χ4v) is 1.14. The minimum Gasteiger partial charge on any atom is -0.465 e. The van der Waals surface area contributed by atoms with Crippen LogP contribution in [-0.4, -0.2) is 18.1 Å². The third-order valence-electron chi connectivity index (χ3n) is 1.85.